The fourth-order valence-corrected chi connectivity index (χ4v) is 2.83. The first kappa shape index (κ1) is 15.0. The highest BCUT2D eigenvalue weighted by atomic mass is 35.5. The largest absolute Gasteiger partial charge is 0.393 e. The Bertz CT molecular complexity index is 852. The summed E-state index contributed by atoms with van der Waals surface area (Å²) < 4.78 is 2.07. The predicted octanol–water partition coefficient (Wildman–Crippen LogP) is 4.35. The number of imidazole rings is 1. The second kappa shape index (κ2) is 5.71. The molecule has 3 aromatic rings. The monoisotopic (exact) mass is 329 g/mol. The first-order chi connectivity index (χ1) is 10.5. The summed E-state index contributed by atoms with van der Waals surface area (Å²) in [5.74, 6) is -0.0718. The van der Waals surface area contributed by atoms with Crippen molar-refractivity contribution in [2.45, 2.75) is 19.8 Å². The zero-order chi connectivity index (χ0) is 15.9. The fraction of sp³-hybridized carbons (Fsp3) is 0.176. The summed E-state index contributed by atoms with van der Waals surface area (Å²) in [6, 6.07) is 11.7. The first-order valence-corrected chi connectivity index (χ1v) is 7.80. The summed E-state index contributed by atoms with van der Waals surface area (Å²) in [5, 5.41) is 0.702. The van der Waals surface area contributed by atoms with Gasteiger partial charge in [0.1, 0.15) is 5.65 Å². The number of halogens is 1. The average molecular weight is 330 g/mol. The van der Waals surface area contributed by atoms with Gasteiger partial charge in [-0.1, -0.05) is 48.9 Å². The van der Waals surface area contributed by atoms with Crippen molar-refractivity contribution in [3.8, 4) is 11.3 Å². The Kier molecular flexibility index (Phi) is 3.89. The highest BCUT2D eigenvalue weighted by Crippen LogP contribution is 2.31. The second-order valence-electron chi connectivity index (χ2n) is 5.36. The van der Waals surface area contributed by atoms with Crippen LogP contribution in [0.2, 0.25) is 5.02 Å². The van der Waals surface area contributed by atoms with Crippen LogP contribution in [0.5, 0.6) is 0 Å². The summed E-state index contributed by atoms with van der Waals surface area (Å²) >= 11 is 11.2. The molecular weight excluding hydrogens is 314 g/mol. The van der Waals surface area contributed by atoms with E-state index in [1.165, 1.54) is 0 Å². The van der Waals surface area contributed by atoms with Gasteiger partial charge in [0.2, 0.25) is 0 Å². The van der Waals surface area contributed by atoms with Crippen molar-refractivity contribution in [1.82, 2.24) is 9.38 Å². The van der Waals surface area contributed by atoms with Crippen molar-refractivity contribution < 1.29 is 0 Å². The van der Waals surface area contributed by atoms with Crippen molar-refractivity contribution >= 4 is 34.5 Å². The highest BCUT2D eigenvalue weighted by molar-refractivity contribution is 7.80. The van der Waals surface area contributed by atoms with Gasteiger partial charge in [-0.25, -0.2) is 4.98 Å². The van der Waals surface area contributed by atoms with Crippen LogP contribution >= 0.6 is 23.8 Å². The number of pyridine rings is 1. The number of nitrogens with two attached hydrogens (primary N) is 1. The molecule has 0 spiro atoms. The Morgan fingerprint density at radius 3 is 2.59 bits per heavy atom. The lowest BCUT2D eigenvalue weighted by molar-refractivity contribution is 0.928. The molecule has 0 bridgehead atoms. The van der Waals surface area contributed by atoms with E-state index in [-0.39, 0.29) is 5.92 Å². The third kappa shape index (κ3) is 2.49. The maximum Gasteiger partial charge on any atom is 0.140 e. The van der Waals surface area contributed by atoms with E-state index in [1.807, 2.05) is 56.4 Å². The molecule has 3 rings (SSSR count). The SMILES string of the molecule is Cc1cccn2c(C(C)C(N)=S)c(-c3ccc(Cl)cc3)nc12. The molecule has 3 nitrogen and oxygen atoms in total. The number of hydrogen-bond donors (Lipinski definition) is 1. The number of fused-ring (bicyclic) bond motifs is 1. The topological polar surface area (TPSA) is 43.3 Å². The number of thiocarbonyl (C=S) groups is 1. The van der Waals surface area contributed by atoms with Gasteiger partial charge in [-0.15, -0.1) is 0 Å². The van der Waals surface area contributed by atoms with E-state index >= 15 is 0 Å². The molecule has 2 aromatic heterocycles. The molecule has 2 heterocycles. The van der Waals surface area contributed by atoms with E-state index in [4.69, 9.17) is 34.5 Å². The van der Waals surface area contributed by atoms with Gasteiger partial charge in [0.25, 0.3) is 0 Å². The molecule has 0 aliphatic carbocycles. The maximum atomic E-state index is 5.99. The van der Waals surface area contributed by atoms with Crippen LogP contribution in [0.15, 0.2) is 42.6 Å². The van der Waals surface area contributed by atoms with Crippen LogP contribution in [0.4, 0.5) is 0 Å². The maximum absolute atomic E-state index is 5.99. The molecular formula is C17H16ClN3S. The van der Waals surface area contributed by atoms with Crippen LogP contribution in [-0.2, 0) is 0 Å². The molecule has 0 fully saturated rings. The number of aryl methyl sites for hydroxylation is 1. The Morgan fingerprint density at radius 1 is 1.27 bits per heavy atom. The Labute approximate surface area is 139 Å². The summed E-state index contributed by atoms with van der Waals surface area (Å²) in [6.07, 6.45) is 2.00. The normalized spacial score (nSPS) is 12.5. The van der Waals surface area contributed by atoms with Crippen LogP contribution in [-0.4, -0.2) is 14.4 Å². The lowest BCUT2D eigenvalue weighted by atomic mass is 10.0. The fourth-order valence-electron chi connectivity index (χ4n) is 2.59. The zero-order valence-electron chi connectivity index (χ0n) is 12.4. The van der Waals surface area contributed by atoms with Crippen molar-refractivity contribution in [3.05, 3.63) is 58.9 Å². The van der Waals surface area contributed by atoms with Gasteiger partial charge >= 0.3 is 0 Å². The van der Waals surface area contributed by atoms with Crippen LogP contribution < -0.4 is 5.73 Å². The number of benzene rings is 1. The first-order valence-electron chi connectivity index (χ1n) is 7.02. The van der Waals surface area contributed by atoms with Crippen molar-refractivity contribution in [2.24, 2.45) is 5.73 Å². The van der Waals surface area contributed by atoms with Crippen molar-refractivity contribution in [1.29, 1.82) is 0 Å². The smallest absolute Gasteiger partial charge is 0.140 e. The zero-order valence-corrected chi connectivity index (χ0v) is 13.9. The Hall–Kier alpha value is -1.91. The van der Waals surface area contributed by atoms with Gasteiger partial charge in [0.15, 0.2) is 0 Å². The highest BCUT2D eigenvalue weighted by Gasteiger charge is 2.21. The molecule has 5 heteroatoms. The Morgan fingerprint density at radius 2 is 1.95 bits per heavy atom. The van der Waals surface area contributed by atoms with Crippen molar-refractivity contribution in [3.63, 3.8) is 0 Å². The molecule has 0 aliphatic heterocycles. The minimum atomic E-state index is -0.0718. The molecule has 1 unspecified atom stereocenters. The summed E-state index contributed by atoms with van der Waals surface area (Å²) in [4.78, 5) is 5.28. The number of hydrogen-bond acceptors (Lipinski definition) is 2. The third-order valence-corrected chi connectivity index (χ3v) is 4.44. The van der Waals surface area contributed by atoms with E-state index in [0.29, 0.717) is 10.0 Å². The molecule has 0 saturated heterocycles. The second-order valence-corrected chi connectivity index (χ2v) is 6.27. The molecule has 1 aromatic carbocycles. The molecule has 0 amide bonds. The van der Waals surface area contributed by atoms with Crippen molar-refractivity contribution in [2.75, 3.05) is 0 Å². The molecule has 0 saturated carbocycles. The van der Waals surface area contributed by atoms with Crippen LogP contribution in [0.25, 0.3) is 16.9 Å². The quantitative estimate of drug-likeness (QED) is 0.726. The molecule has 2 N–H and O–H groups in total. The number of rotatable bonds is 3. The summed E-state index contributed by atoms with van der Waals surface area (Å²) in [6.45, 7) is 4.05. The van der Waals surface area contributed by atoms with Gasteiger partial charge in [-0.05, 0) is 30.7 Å². The molecule has 112 valence electrons. The third-order valence-electron chi connectivity index (χ3n) is 3.84. The minimum absolute atomic E-state index is 0.0718. The van der Waals surface area contributed by atoms with E-state index in [2.05, 4.69) is 4.40 Å². The predicted molar refractivity (Wildman–Crippen MR) is 95.6 cm³/mol. The van der Waals surface area contributed by atoms with E-state index < -0.39 is 0 Å². The Balaban J connectivity index is 2.33. The van der Waals surface area contributed by atoms with E-state index in [1.54, 1.807) is 0 Å². The van der Waals surface area contributed by atoms with E-state index in [9.17, 15) is 0 Å². The lowest BCUT2D eigenvalue weighted by Gasteiger charge is -2.12. The van der Waals surface area contributed by atoms with Gasteiger partial charge in [-0.2, -0.15) is 0 Å². The molecule has 22 heavy (non-hydrogen) atoms. The molecule has 0 aliphatic rings. The standard InChI is InChI=1S/C17H16ClN3S/c1-10-4-3-9-21-15(11(2)16(19)22)14(20-17(10)21)12-5-7-13(18)8-6-12/h3-9,11H,1-2H3,(H2,19,22). The van der Waals surface area contributed by atoms with Crippen LogP contribution in [0, 0.1) is 6.92 Å². The minimum Gasteiger partial charge on any atom is -0.393 e. The lowest BCUT2D eigenvalue weighted by Crippen LogP contribution is -2.18. The number of aromatic nitrogens is 2. The van der Waals surface area contributed by atoms with Gasteiger partial charge in [0.05, 0.1) is 16.4 Å². The van der Waals surface area contributed by atoms with Gasteiger partial charge in [-0.3, -0.25) is 0 Å². The van der Waals surface area contributed by atoms with Crippen LogP contribution in [0.1, 0.15) is 24.1 Å². The van der Waals surface area contributed by atoms with Gasteiger partial charge < -0.3 is 10.1 Å². The molecule has 0 radical (unpaired) electrons. The number of nitrogens with zero attached hydrogens (tertiary/aromatic N) is 2. The summed E-state index contributed by atoms with van der Waals surface area (Å²) in [5.41, 5.74) is 10.8. The molecule has 1 atom stereocenters. The van der Waals surface area contributed by atoms with Crippen LogP contribution in [0.3, 0.4) is 0 Å². The average Bonchev–Trinajstić information content (AvgIpc) is 2.88. The van der Waals surface area contributed by atoms with E-state index in [0.717, 1.165) is 28.2 Å². The summed E-state index contributed by atoms with van der Waals surface area (Å²) in [7, 11) is 0. The van der Waals surface area contributed by atoms with Gasteiger partial charge in [0, 0.05) is 22.7 Å².